The van der Waals surface area contributed by atoms with Crippen LogP contribution in [0.25, 0.3) is 4.85 Å². The van der Waals surface area contributed by atoms with Gasteiger partial charge in [0.15, 0.2) is 17.3 Å². The molecule has 0 amide bonds. The molecular weight excluding hydrogens is 285 g/mol. The van der Waals surface area contributed by atoms with Crippen LogP contribution in [0.3, 0.4) is 0 Å². The van der Waals surface area contributed by atoms with Gasteiger partial charge in [-0.2, -0.15) is 5.10 Å². The maximum absolute atomic E-state index is 12.9. The minimum atomic E-state index is -1.65. The van der Waals surface area contributed by atoms with E-state index in [2.05, 4.69) is 9.94 Å². The van der Waals surface area contributed by atoms with Gasteiger partial charge in [0.25, 0.3) is 0 Å². The number of hydrogen-bond acceptors (Lipinski definition) is 3. The summed E-state index contributed by atoms with van der Waals surface area (Å²) in [5, 5.41) is 14.0. The van der Waals surface area contributed by atoms with Crippen molar-refractivity contribution in [2.45, 2.75) is 32.4 Å². The molecule has 0 fully saturated rings. The summed E-state index contributed by atoms with van der Waals surface area (Å²) in [5.74, 6) is -0.910. The van der Waals surface area contributed by atoms with Crippen molar-refractivity contribution in [1.82, 2.24) is 9.78 Å². The molecule has 0 bridgehead atoms. The van der Waals surface area contributed by atoms with Crippen LogP contribution in [0.2, 0.25) is 0 Å². The molecule has 0 saturated carbocycles. The second-order valence-corrected chi connectivity index (χ2v) is 5.46. The summed E-state index contributed by atoms with van der Waals surface area (Å²) in [7, 11) is 0. The third-order valence-electron chi connectivity index (χ3n) is 3.42. The maximum atomic E-state index is 12.9. The fourth-order valence-electron chi connectivity index (χ4n) is 2.16. The molecule has 6 heteroatoms. The standard InChI is InChI=1S/C16H16FN3O2/c1-11-6-12(4-5-14(11)18-3)7-15(21)16(2,22)10-20-9-13(17)8-19-20/h4-6,8-9,22H,7,10H2,1-2H3/t16-/m0/s1. The predicted octanol–water partition coefficient (Wildman–Crippen LogP) is 2.44. The number of Topliss-reactive ketones (excluding diaryl/α,β-unsaturated/α-hetero) is 1. The van der Waals surface area contributed by atoms with Gasteiger partial charge in [-0.15, -0.1) is 0 Å². The molecule has 1 N–H and O–H groups in total. The first-order valence-corrected chi connectivity index (χ1v) is 6.72. The zero-order valence-electron chi connectivity index (χ0n) is 12.4. The Kier molecular flexibility index (Phi) is 4.38. The molecule has 0 aliphatic rings. The van der Waals surface area contributed by atoms with E-state index in [-0.39, 0.29) is 13.0 Å². The normalized spacial score (nSPS) is 13.4. The molecule has 2 aromatic rings. The number of hydrogen-bond donors (Lipinski definition) is 1. The summed E-state index contributed by atoms with van der Waals surface area (Å²) < 4.78 is 14.1. The lowest BCUT2D eigenvalue weighted by atomic mass is 9.94. The highest BCUT2D eigenvalue weighted by Gasteiger charge is 2.31. The van der Waals surface area contributed by atoms with Gasteiger partial charge in [0, 0.05) is 6.42 Å². The van der Waals surface area contributed by atoms with Crippen LogP contribution in [0, 0.1) is 19.3 Å². The summed E-state index contributed by atoms with van der Waals surface area (Å²) in [4.78, 5) is 15.6. The lowest BCUT2D eigenvalue weighted by molar-refractivity contribution is -0.136. The largest absolute Gasteiger partial charge is 0.380 e. The van der Waals surface area contributed by atoms with Gasteiger partial charge < -0.3 is 5.11 Å². The fraction of sp³-hybridized carbons (Fsp3) is 0.312. The van der Waals surface area contributed by atoms with E-state index in [4.69, 9.17) is 6.57 Å². The zero-order valence-corrected chi connectivity index (χ0v) is 12.4. The number of ketones is 1. The number of aliphatic hydroxyl groups is 1. The molecule has 0 saturated heterocycles. The van der Waals surface area contributed by atoms with Crippen LogP contribution in [0.5, 0.6) is 0 Å². The first-order chi connectivity index (χ1) is 10.3. The summed E-state index contributed by atoms with van der Waals surface area (Å²) in [6.45, 7) is 10.1. The van der Waals surface area contributed by atoms with Gasteiger partial charge in [0.2, 0.25) is 0 Å². The summed E-state index contributed by atoms with van der Waals surface area (Å²) in [6.07, 6.45) is 2.18. The fourth-order valence-corrected chi connectivity index (χ4v) is 2.16. The number of nitrogens with zero attached hydrogens (tertiary/aromatic N) is 3. The van der Waals surface area contributed by atoms with Crippen LogP contribution in [0.4, 0.5) is 10.1 Å². The number of aryl methyl sites for hydroxylation is 1. The Labute approximate surface area is 127 Å². The van der Waals surface area contributed by atoms with Crippen LogP contribution in [-0.2, 0) is 17.8 Å². The second-order valence-electron chi connectivity index (χ2n) is 5.46. The molecule has 5 nitrogen and oxygen atoms in total. The van der Waals surface area contributed by atoms with Gasteiger partial charge in [-0.05, 0) is 25.0 Å². The van der Waals surface area contributed by atoms with Crippen LogP contribution < -0.4 is 0 Å². The maximum Gasteiger partial charge on any atom is 0.190 e. The van der Waals surface area contributed by atoms with Crippen LogP contribution in [0.1, 0.15) is 18.1 Å². The molecule has 114 valence electrons. The zero-order chi connectivity index (χ0) is 16.3. The molecule has 0 aliphatic carbocycles. The molecule has 1 aromatic heterocycles. The lowest BCUT2D eigenvalue weighted by Gasteiger charge is -2.21. The molecule has 0 spiro atoms. The van der Waals surface area contributed by atoms with E-state index in [1.54, 1.807) is 25.1 Å². The van der Waals surface area contributed by atoms with Crippen molar-refractivity contribution in [3.63, 3.8) is 0 Å². The molecule has 1 aromatic carbocycles. The molecule has 0 aliphatic heterocycles. The van der Waals surface area contributed by atoms with Gasteiger partial charge in [0.1, 0.15) is 5.60 Å². The van der Waals surface area contributed by atoms with Gasteiger partial charge in [-0.25, -0.2) is 9.24 Å². The Bertz CT molecular complexity index is 744. The smallest absolute Gasteiger partial charge is 0.190 e. The molecule has 1 heterocycles. The average molecular weight is 301 g/mol. The van der Waals surface area contributed by atoms with E-state index in [1.807, 2.05) is 0 Å². The Morgan fingerprint density at radius 3 is 2.82 bits per heavy atom. The average Bonchev–Trinajstić information content (AvgIpc) is 2.83. The van der Waals surface area contributed by atoms with Crippen molar-refractivity contribution in [1.29, 1.82) is 0 Å². The number of carbonyl (C=O) groups excluding carboxylic acids is 1. The minimum Gasteiger partial charge on any atom is -0.380 e. The quantitative estimate of drug-likeness (QED) is 0.863. The van der Waals surface area contributed by atoms with Crippen LogP contribution in [0.15, 0.2) is 30.6 Å². The van der Waals surface area contributed by atoms with Crippen LogP contribution in [-0.4, -0.2) is 26.3 Å². The third-order valence-corrected chi connectivity index (χ3v) is 3.42. The number of aromatic nitrogens is 2. The van der Waals surface area contributed by atoms with Crippen molar-refractivity contribution >= 4 is 11.5 Å². The number of carbonyl (C=O) groups is 1. The summed E-state index contributed by atoms with van der Waals surface area (Å²) >= 11 is 0. The van der Waals surface area contributed by atoms with E-state index in [9.17, 15) is 14.3 Å². The Hall–Kier alpha value is -2.52. The van der Waals surface area contributed by atoms with E-state index < -0.39 is 17.2 Å². The van der Waals surface area contributed by atoms with Crippen LogP contribution >= 0.6 is 0 Å². The van der Waals surface area contributed by atoms with Gasteiger partial charge >= 0.3 is 0 Å². The molecule has 22 heavy (non-hydrogen) atoms. The molecular formula is C16H16FN3O2. The third kappa shape index (κ3) is 3.57. The number of halogens is 1. The Morgan fingerprint density at radius 1 is 1.55 bits per heavy atom. The topological polar surface area (TPSA) is 59.5 Å². The number of benzene rings is 1. The highest BCUT2D eigenvalue weighted by Crippen LogP contribution is 2.21. The van der Waals surface area contributed by atoms with Gasteiger partial charge in [-0.3, -0.25) is 9.48 Å². The van der Waals surface area contributed by atoms with E-state index in [0.29, 0.717) is 5.69 Å². The molecule has 0 unspecified atom stereocenters. The van der Waals surface area contributed by atoms with Gasteiger partial charge in [-0.1, -0.05) is 18.2 Å². The SMILES string of the molecule is [C-]#[N+]c1ccc(CC(=O)[C@@](C)(O)Cn2cc(F)cn2)cc1C. The van der Waals surface area contributed by atoms with E-state index >= 15 is 0 Å². The van der Waals surface area contributed by atoms with Gasteiger partial charge in [0.05, 0.1) is 25.5 Å². The second kappa shape index (κ2) is 6.08. The molecule has 2 rings (SSSR count). The molecule has 1 atom stereocenters. The predicted molar refractivity (Wildman–Crippen MR) is 79.0 cm³/mol. The monoisotopic (exact) mass is 301 g/mol. The Balaban J connectivity index is 2.10. The van der Waals surface area contributed by atoms with E-state index in [0.717, 1.165) is 23.5 Å². The summed E-state index contributed by atoms with van der Waals surface area (Å²) in [5.41, 5.74) is 0.399. The lowest BCUT2D eigenvalue weighted by Crippen LogP contribution is -2.40. The Morgan fingerprint density at radius 2 is 2.27 bits per heavy atom. The first kappa shape index (κ1) is 15.9. The van der Waals surface area contributed by atoms with Crippen molar-refractivity contribution in [3.8, 4) is 0 Å². The highest BCUT2D eigenvalue weighted by molar-refractivity contribution is 5.88. The van der Waals surface area contributed by atoms with Crippen molar-refractivity contribution in [3.05, 3.63) is 59.0 Å². The minimum absolute atomic E-state index is 0.0376. The van der Waals surface area contributed by atoms with Crippen molar-refractivity contribution in [2.24, 2.45) is 0 Å². The summed E-state index contributed by atoms with van der Waals surface area (Å²) in [6, 6.07) is 5.11. The van der Waals surface area contributed by atoms with Crippen molar-refractivity contribution in [2.75, 3.05) is 0 Å². The first-order valence-electron chi connectivity index (χ1n) is 6.72. The van der Waals surface area contributed by atoms with E-state index in [1.165, 1.54) is 11.6 Å². The van der Waals surface area contributed by atoms with Crippen molar-refractivity contribution < 1.29 is 14.3 Å². The molecule has 0 radical (unpaired) electrons. The number of rotatable bonds is 5. The highest BCUT2D eigenvalue weighted by atomic mass is 19.1.